The van der Waals surface area contributed by atoms with Crippen molar-refractivity contribution in [2.24, 2.45) is 0 Å². The second kappa shape index (κ2) is 6.75. The van der Waals surface area contributed by atoms with Crippen molar-refractivity contribution in [2.45, 2.75) is 19.9 Å². The first-order chi connectivity index (χ1) is 7.67. The van der Waals surface area contributed by atoms with E-state index in [4.69, 9.17) is 0 Å². The van der Waals surface area contributed by atoms with Crippen LogP contribution in [0.3, 0.4) is 0 Å². The molecule has 0 bridgehead atoms. The van der Waals surface area contributed by atoms with E-state index in [1.54, 1.807) is 6.20 Å². The molecule has 1 unspecified atom stereocenters. The third-order valence-electron chi connectivity index (χ3n) is 1.83. The SMILES string of the molecule is CCSCC(C)Nc1ncc(C(=O)OC)s1. The summed E-state index contributed by atoms with van der Waals surface area (Å²) in [5, 5.41) is 4.02. The molecule has 0 aliphatic heterocycles. The number of anilines is 1. The highest BCUT2D eigenvalue weighted by atomic mass is 32.2. The molecule has 4 nitrogen and oxygen atoms in total. The van der Waals surface area contributed by atoms with Crippen LogP contribution < -0.4 is 5.32 Å². The van der Waals surface area contributed by atoms with Crippen molar-refractivity contribution in [1.29, 1.82) is 0 Å². The van der Waals surface area contributed by atoms with Crippen LogP contribution in [0.5, 0.6) is 0 Å². The number of thiazole rings is 1. The summed E-state index contributed by atoms with van der Waals surface area (Å²) in [5.41, 5.74) is 0. The predicted molar refractivity (Wildman–Crippen MR) is 69.5 cm³/mol. The Morgan fingerprint density at radius 3 is 3.12 bits per heavy atom. The fourth-order valence-electron chi connectivity index (χ4n) is 1.08. The summed E-state index contributed by atoms with van der Waals surface area (Å²) < 4.78 is 4.62. The first-order valence-corrected chi connectivity index (χ1v) is 7.03. The number of hydrogen-bond acceptors (Lipinski definition) is 6. The highest BCUT2D eigenvalue weighted by Gasteiger charge is 2.11. The lowest BCUT2D eigenvalue weighted by molar-refractivity contribution is 0.0606. The van der Waals surface area contributed by atoms with Crippen LogP contribution in [0, 0.1) is 0 Å². The Morgan fingerprint density at radius 2 is 2.50 bits per heavy atom. The molecule has 0 aromatic carbocycles. The summed E-state index contributed by atoms with van der Waals surface area (Å²) >= 11 is 3.20. The zero-order valence-corrected chi connectivity index (χ0v) is 11.3. The maximum atomic E-state index is 11.2. The molecule has 0 spiro atoms. The van der Waals surface area contributed by atoms with Crippen LogP contribution in [0.1, 0.15) is 23.5 Å². The number of carbonyl (C=O) groups is 1. The lowest BCUT2D eigenvalue weighted by Crippen LogP contribution is -2.17. The van der Waals surface area contributed by atoms with E-state index in [9.17, 15) is 4.79 Å². The van der Waals surface area contributed by atoms with Crippen molar-refractivity contribution in [3.05, 3.63) is 11.1 Å². The molecule has 1 N–H and O–H groups in total. The van der Waals surface area contributed by atoms with Crippen LogP contribution in [-0.4, -0.2) is 35.6 Å². The first-order valence-electron chi connectivity index (χ1n) is 5.05. The largest absolute Gasteiger partial charge is 0.465 e. The Balaban J connectivity index is 2.48. The van der Waals surface area contributed by atoms with Crippen molar-refractivity contribution >= 4 is 34.2 Å². The average molecular weight is 260 g/mol. The minimum absolute atomic E-state index is 0.332. The van der Waals surface area contributed by atoms with Gasteiger partial charge in [0.25, 0.3) is 0 Å². The number of hydrogen-bond donors (Lipinski definition) is 1. The standard InChI is InChI=1S/C10H16N2O2S2/c1-4-15-6-7(2)12-10-11-5-8(16-10)9(13)14-3/h5,7H,4,6H2,1-3H3,(H,11,12). The van der Waals surface area contributed by atoms with Gasteiger partial charge in [0.2, 0.25) is 0 Å². The van der Waals surface area contributed by atoms with Gasteiger partial charge in [0.1, 0.15) is 4.88 Å². The zero-order valence-electron chi connectivity index (χ0n) is 9.65. The topological polar surface area (TPSA) is 51.2 Å². The minimum atomic E-state index is -0.332. The molecule has 1 rings (SSSR count). The molecular formula is C10H16N2O2S2. The average Bonchev–Trinajstić information content (AvgIpc) is 2.73. The van der Waals surface area contributed by atoms with Crippen LogP contribution in [0.2, 0.25) is 0 Å². The molecule has 1 atom stereocenters. The summed E-state index contributed by atoms with van der Waals surface area (Å²) in [4.78, 5) is 15.9. The van der Waals surface area contributed by atoms with Gasteiger partial charge in [-0.3, -0.25) is 0 Å². The number of methoxy groups -OCH3 is 1. The van der Waals surface area contributed by atoms with Gasteiger partial charge >= 0.3 is 5.97 Å². The number of thioether (sulfide) groups is 1. The number of aromatic nitrogens is 1. The minimum Gasteiger partial charge on any atom is -0.465 e. The molecule has 6 heteroatoms. The van der Waals surface area contributed by atoms with Crippen molar-refractivity contribution in [2.75, 3.05) is 23.9 Å². The molecule has 0 saturated heterocycles. The van der Waals surface area contributed by atoms with Gasteiger partial charge in [-0.1, -0.05) is 18.3 Å². The maximum absolute atomic E-state index is 11.2. The summed E-state index contributed by atoms with van der Waals surface area (Å²) in [7, 11) is 1.37. The van der Waals surface area contributed by atoms with E-state index in [-0.39, 0.29) is 5.97 Å². The molecule has 90 valence electrons. The molecule has 1 heterocycles. The second-order valence-corrected chi connectivity index (χ2v) is 5.58. The lowest BCUT2D eigenvalue weighted by Gasteiger charge is -2.11. The Morgan fingerprint density at radius 1 is 1.75 bits per heavy atom. The number of ether oxygens (including phenoxy) is 1. The number of nitrogens with zero attached hydrogens (tertiary/aromatic N) is 1. The fourth-order valence-corrected chi connectivity index (χ4v) is 2.60. The Kier molecular flexibility index (Phi) is 5.62. The predicted octanol–water partition coefficient (Wildman–Crippen LogP) is 2.48. The summed E-state index contributed by atoms with van der Waals surface area (Å²) in [6.07, 6.45) is 1.54. The van der Waals surface area contributed by atoms with Crippen molar-refractivity contribution < 1.29 is 9.53 Å². The molecule has 0 radical (unpaired) electrons. The van der Waals surface area contributed by atoms with E-state index in [1.807, 2.05) is 11.8 Å². The van der Waals surface area contributed by atoms with E-state index in [0.29, 0.717) is 10.9 Å². The van der Waals surface area contributed by atoms with Crippen molar-refractivity contribution in [3.63, 3.8) is 0 Å². The Bertz CT molecular complexity index is 341. The first kappa shape index (κ1) is 13.3. The van der Waals surface area contributed by atoms with Crippen molar-refractivity contribution in [3.8, 4) is 0 Å². The van der Waals surface area contributed by atoms with Gasteiger partial charge in [-0.25, -0.2) is 9.78 Å². The van der Waals surface area contributed by atoms with Gasteiger partial charge in [0.05, 0.1) is 13.3 Å². The Labute approximate surface area is 104 Å². The third kappa shape index (κ3) is 4.02. The fraction of sp³-hybridized carbons (Fsp3) is 0.600. The molecule has 0 amide bonds. The smallest absolute Gasteiger partial charge is 0.349 e. The van der Waals surface area contributed by atoms with E-state index in [0.717, 1.165) is 16.6 Å². The third-order valence-corrected chi connectivity index (χ3v) is 3.89. The highest BCUT2D eigenvalue weighted by molar-refractivity contribution is 7.99. The quantitative estimate of drug-likeness (QED) is 0.796. The summed E-state index contributed by atoms with van der Waals surface area (Å²) in [6, 6.07) is 0.349. The van der Waals surface area contributed by atoms with Gasteiger partial charge in [-0.15, -0.1) is 0 Å². The van der Waals surface area contributed by atoms with Crippen LogP contribution in [0.15, 0.2) is 6.20 Å². The van der Waals surface area contributed by atoms with Gasteiger partial charge in [-0.05, 0) is 12.7 Å². The van der Waals surface area contributed by atoms with Crippen molar-refractivity contribution in [1.82, 2.24) is 4.98 Å². The molecular weight excluding hydrogens is 244 g/mol. The van der Waals surface area contributed by atoms with E-state index in [2.05, 4.69) is 28.9 Å². The number of carbonyl (C=O) groups excluding carboxylic acids is 1. The number of nitrogens with one attached hydrogen (secondary N) is 1. The van der Waals surface area contributed by atoms with Crippen LogP contribution in [0.4, 0.5) is 5.13 Å². The van der Waals surface area contributed by atoms with Gasteiger partial charge in [0, 0.05) is 11.8 Å². The van der Waals surface area contributed by atoms with E-state index in [1.165, 1.54) is 18.4 Å². The van der Waals surface area contributed by atoms with E-state index >= 15 is 0 Å². The molecule has 1 aromatic heterocycles. The van der Waals surface area contributed by atoms with Crippen LogP contribution in [-0.2, 0) is 4.74 Å². The maximum Gasteiger partial charge on any atom is 0.349 e. The molecule has 0 fully saturated rings. The zero-order chi connectivity index (χ0) is 12.0. The van der Waals surface area contributed by atoms with Gasteiger partial charge < -0.3 is 10.1 Å². The van der Waals surface area contributed by atoms with Crippen LogP contribution >= 0.6 is 23.1 Å². The lowest BCUT2D eigenvalue weighted by atomic mass is 10.4. The summed E-state index contributed by atoms with van der Waals surface area (Å²) in [6.45, 7) is 4.23. The summed E-state index contributed by atoms with van der Waals surface area (Å²) in [5.74, 6) is 1.81. The molecule has 0 aliphatic rings. The molecule has 0 aliphatic carbocycles. The number of esters is 1. The van der Waals surface area contributed by atoms with Gasteiger partial charge in [-0.2, -0.15) is 11.8 Å². The molecule has 16 heavy (non-hydrogen) atoms. The highest BCUT2D eigenvalue weighted by Crippen LogP contribution is 2.20. The molecule has 1 aromatic rings. The number of rotatable bonds is 6. The normalized spacial score (nSPS) is 12.2. The van der Waals surface area contributed by atoms with Crippen LogP contribution in [0.25, 0.3) is 0 Å². The second-order valence-electron chi connectivity index (χ2n) is 3.23. The Hall–Kier alpha value is -0.750. The monoisotopic (exact) mass is 260 g/mol. The molecule has 0 saturated carbocycles. The van der Waals surface area contributed by atoms with E-state index < -0.39 is 0 Å². The van der Waals surface area contributed by atoms with Gasteiger partial charge in [0.15, 0.2) is 5.13 Å².